The number of carbonyl (C=O) groups excluding carboxylic acids is 12. The topological polar surface area (TPSA) is 408 Å². The largest absolute Gasteiger partial charge is 0.503 e. The van der Waals surface area contributed by atoms with Gasteiger partial charge in [0, 0.05) is 98.8 Å². The van der Waals surface area contributed by atoms with Crippen molar-refractivity contribution in [3.8, 4) is 11.5 Å². The Bertz CT molecular complexity index is 3800. The van der Waals surface area contributed by atoms with Gasteiger partial charge in [0.25, 0.3) is 23.6 Å². The minimum atomic E-state index is -2.38. The minimum Gasteiger partial charge on any atom is -0.503 e. The molecule has 0 bridgehead atoms. The van der Waals surface area contributed by atoms with Crippen molar-refractivity contribution in [2.75, 3.05) is 36.8 Å². The predicted molar refractivity (Wildman–Crippen MR) is 389 cm³/mol. The first-order chi connectivity index (χ1) is 52.8. The molecule has 614 valence electrons. The average Bonchev–Trinajstić information content (AvgIpc) is 1.39. The van der Waals surface area contributed by atoms with Crippen molar-refractivity contribution in [2.24, 2.45) is 34.1 Å². The van der Waals surface area contributed by atoms with Gasteiger partial charge in [-0.3, -0.25) is 62.5 Å². The summed E-state index contributed by atoms with van der Waals surface area (Å²) in [5, 5.41) is 37.9. The van der Waals surface area contributed by atoms with Crippen molar-refractivity contribution in [1.82, 2.24) is 20.4 Å². The molecule has 8 rings (SSSR count). The third-order valence-electron chi connectivity index (χ3n) is 17.7. The number of alkyl halides is 1. The van der Waals surface area contributed by atoms with Gasteiger partial charge in [0.05, 0.1) is 6.61 Å². The molecule has 26 nitrogen and oxygen atoms in total. The number of aliphatic hydroxyl groups excluding tert-OH is 1. The fourth-order valence-electron chi connectivity index (χ4n) is 10.7. The van der Waals surface area contributed by atoms with Gasteiger partial charge in [-0.05, 0) is 112 Å². The van der Waals surface area contributed by atoms with Gasteiger partial charge in [0.2, 0.25) is 75.7 Å². The summed E-state index contributed by atoms with van der Waals surface area (Å²) in [6.45, 7) is 6.61. The number of unbranched alkanes of at least 4 members (excludes halogenated alkanes) is 6. The second kappa shape index (κ2) is 48.0. The zero-order valence-electron chi connectivity index (χ0n) is 61.0. The number of nitrogens with zero attached hydrogens (tertiary/aromatic N) is 2. The normalized spacial score (nSPS) is 14.4. The molecular formula is C74H86Br2F10N8O18. The van der Waals surface area contributed by atoms with E-state index in [0.717, 1.165) is 52.7 Å². The maximum absolute atomic E-state index is 13.8. The van der Waals surface area contributed by atoms with Gasteiger partial charge in [-0.1, -0.05) is 92.6 Å². The molecule has 0 spiro atoms. The van der Waals surface area contributed by atoms with Gasteiger partial charge in [-0.2, -0.15) is 17.6 Å². The number of phenolic OH excluding ortho intramolecular Hbond substituents is 1. The number of halogens is 12. The Balaban J connectivity index is 0.000000368. The first kappa shape index (κ1) is 96.1. The number of hydrogen-bond donors (Lipinski definition) is 9. The lowest BCUT2D eigenvalue weighted by molar-refractivity contribution is -0.162. The lowest BCUT2D eigenvalue weighted by Crippen LogP contribution is -2.47. The molecule has 0 aromatic heterocycles. The molecule has 0 radical (unpaired) electrons. The van der Waals surface area contributed by atoms with Crippen molar-refractivity contribution in [3.05, 3.63) is 142 Å². The number of imide groups is 2. The van der Waals surface area contributed by atoms with Crippen molar-refractivity contribution in [2.45, 2.75) is 161 Å². The van der Waals surface area contributed by atoms with Crippen LogP contribution in [0.3, 0.4) is 0 Å². The summed E-state index contributed by atoms with van der Waals surface area (Å²) in [6.07, 6.45) is 15.3. The number of carboxylic acids is 1. The number of ketones is 2. The Morgan fingerprint density at radius 1 is 0.509 bits per heavy atom. The number of nitrogens with one attached hydrogen (secondary N) is 4. The summed E-state index contributed by atoms with van der Waals surface area (Å²) in [4.78, 5) is 151. The number of aliphatic hydroxyl groups is 1. The highest BCUT2D eigenvalue weighted by molar-refractivity contribution is 9.08. The number of amides is 10. The van der Waals surface area contributed by atoms with Crippen molar-refractivity contribution >= 4 is 121 Å². The lowest BCUT2D eigenvalue weighted by Gasteiger charge is -2.37. The molecule has 0 saturated heterocycles. The molecule has 2 heterocycles. The van der Waals surface area contributed by atoms with E-state index in [9.17, 15) is 106 Å². The number of Topliss-reactive ketones (excluding diaryl/α,β-unsaturated/α-hetero) is 2. The predicted octanol–water partition coefficient (Wildman–Crippen LogP) is 12.3. The second-order valence-electron chi connectivity index (χ2n) is 25.8. The van der Waals surface area contributed by atoms with Crippen molar-refractivity contribution in [1.29, 1.82) is 0 Å². The Morgan fingerprint density at radius 2 is 0.839 bits per heavy atom. The van der Waals surface area contributed by atoms with Crippen LogP contribution in [0.15, 0.2) is 72.8 Å². The SMILES string of the molecule is CC(=O)OBr.C[C@@H](CCCNC(N)=O)C(=O)Nc1ccc(CBr)cc1.C[C@@H](CCCNC(N)=O)C(=O)Nc1ccc(CO)cc1.O=C1C=CC(=O)N1CCCCCCC(=O)C1(C(=O)O)CCC1.O=C1C=CC(=O)N1CCCCCCC(=O)C1(C(=O)Oc2c(F)c(F)c(F)c(F)c2F)CCC1.Oc1c(F)c(F)c(F)c(F)c1F. The molecule has 2 aliphatic carbocycles. The molecule has 2 saturated carbocycles. The molecule has 38 heteroatoms. The molecule has 10 amide bonds. The van der Waals surface area contributed by atoms with Gasteiger partial charge in [0.15, 0.2) is 22.0 Å². The van der Waals surface area contributed by atoms with Crippen LogP contribution in [0.4, 0.5) is 64.9 Å². The Hall–Kier alpha value is -10.1. The van der Waals surface area contributed by atoms with Gasteiger partial charge in [0.1, 0.15) is 22.4 Å². The van der Waals surface area contributed by atoms with Crippen LogP contribution in [0.25, 0.3) is 0 Å². The molecule has 112 heavy (non-hydrogen) atoms. The highest BCUT2D eigenvalue weighted by Crippen LogP contribution is 2.46. The number of rotatable bonds is 33. The zero-order chi connectivity index (χ0) is 84.2. The highest BCUT2D eigenvalue weighted by Gasteiger charge is 2.52. The van der Waals surface area contributed by atoms with Crippen LogP contribution in [0.1, 0.15) is 160 Å². The monoisotopic (exact) mass is 1720 g/mol. The van der Waals surface area contributed by atoms with E-state index in [1.807, 2.05) is 38.1 Å². The fraction of sp³-hybridized carbons (Fsp3) is 0.446. The first-order valence-corrected chi connectivity index (χ1v) is 36.8. The summed E-state index contributed by atoms with van der Waals surface area (Å²) in [5.41, 5.74) is 10.6. The van der Waals surface area contributed by atoms with E-state index < -0.39 is 110 Å². The quantitative estimate of drug-likeness (QED) is 0.00246. The Labute approximate surface area is 653 Å². The summed E-state index contributed by atoms with van der Waals surface area (Å²) >= 11 is 5.84. The summed E-state index contributed by atoms with van der Waals surface area (Å²) in [7, 11) is 0. The smallest absolute Gasteiger partial charge is 0.325 e. The van der Waals surface area contributed by atoms with Gasteiger partial charge in [-0.15, -0.1) is 0 Å². The minimum absolute atomic E-state index is 0.0164. The number of aromatic hydroxyl groups is 1. The van der Waals surface area contributed by atoms with Gasteiger partial charge >= 0.3 is 30.0 Å². The summed E-state index contributed by atoms with van der Waals surface area (Å²) in [5.74, 6) is -31.1. The zero-order valence-corrected chi connectivity index (χ0v) is 64.2. The van der Waals surface area contributed by atoms with Crippen LogP contribution in [0.5, 0.6) is 11.5 Å². The van der Waals surface area contributed by atoms with Gasteiger partial charge < -0.3 is 56.6 Å². The van der Waals surface area contributed by atoms with Crippen LogP contribution >= 0.6 is 32.2 Å². The van der Waals surface area contributed by atoms with Gasteiger partial charge in [-0.25, -0.2) is 35.9 Å². The van der Waals surface area contributed by atoms with E-state index in [1.54, 1.807) is 24.3 Å². The van der Waals surface area contributed by atoms with E-state index in [4.69, 9.17) is 26.8 Å². The molecule has 4 aromatic rings. The maximum atomic E-state index is 13.8. The highest BCUT2D eigenvalue weighted by atomic mass is 79.9. The molecule has 0 unspecified atom stereocenters. The number of primary amides is 2. The number of phenols is 1. The number of urea groups is 2. The summed E-state index contributed by atoms with van der Waals surface area (Å²) in [6, 6.07) is 13.6. The first-order valence-electron chi connectivity index (χ1n) is 35.0. The Kier molecular flexibility index (Phi) is 41.1. The molecule has 2 aliphatic heterocycles. The number of anilines is 2. The van der Waals surface area contributed by atoms with E-state index in [2.05, 4.69) is 62.0 Å². The number of carboxylic acid groups (broad SMARTS) is 1. The Morgan fingerprint density at radius 3 is 1.15 bits per heavy atom. The average molecular weight is 1730 g/mol. The number of nitrogens with two attached hydrogens (primary N) is 2. The molecule has 11 N–H and O–H groups in total. The number of hydrogen-bond acceptors (Lipinski definition) is 17. The van der Waals surface area contributed by atoms with E-state index in [1.165, 1.54) is 36.1 Å². The molecular weight excluding hydrogens is 1640 g/mol. The van der Waals surface area contributed by atoms with Crippen LogP contribution < -0.4 is 37.5 Å². The number of esters is 1. The van der Waals surface area contributed by atoms with E-state index >= 15 is 0 Å². The second-order valence-corrected chi connectivity index (χ2v) is 26.7. The standard InChI is InChI=1S/C22H20F5NO5.C16H21NO5.C14H20BrN3O2.C14H21N3O3.C6HF5O.C2H3BrO2/c23-15-16(24)18(26)20(19(27)17(15)25)33-21(32)22(9-5-10-22)12(29)6-3-1-2-4-11-28-13(30)7-8-14(28)31;18-12(16(15(21)22)9-5-10-16)6-3-1-2-4-11-17-13(19)7-8-14(17)20;1-10(3-2-8-17-14(16)20)13(19)18-12-6-4-11(9-15)5-7-12;1-10(3-2-8-16-14(15)20)13(19)17-12-6-4-11(9-18)5-7-12;7-1-2(8)4(10)6(12)5(11)3(1)9;1-2(4)5-3/h7-8H,1-6,9-11H2;7-8H,1-6,9-11H2,(H,21,22);4-7,10H,2-3,8-9H2,1H3,(H,18,19)(H3,16,17,20);4-7,10,18H,2-3,8-9H2,1H3,(H,17,19)(H3,15,16,20);12H;1H3/t;;2*10-;;/m..00../s1. The third kappa shape index (κ3) is 29.5. The summed E-state index contributed by atoms with van der Waals surface area (Å²) < 4.78 is 137. The molecule has 2 atom stereocenters. The number of carbonyl (C=O) groups is 13. The van der Waals surface area contributed by atoms with E-state index in [0.29, 0.717) is 109 Å². The lowest BCUT2D eigenvalue weighted by atomic mass is 9.65. The van der Waals surface area contributed by atoms with Crippen LogP contribution in [-0.4, -0.2) is 128 Å². The number of aliphatic carboxylic acids is 1. The molecule has 4 aliphatic rings. The number of benzene rings is 4. The maximum Gasteiger partial charge on any atom is 0.325 e. The van der Waals surface area contributed by atoms with Crippen LogP contribution in [0, 0.1) is 80.8 Å². The fourth-order valence-corrected chi connectivity index (χ4v) is 11.1. The van der Waals surface area contributed by atoms with Crippen molar-refractivity contribution < 1.29 is 130 Å². The molecule has 4 aromatic carbocycles. The van der Waals surface area contributed by atoms with Crippen molar-refractivity contribution in [3.63, 3.8) is 0 Å². The van der Waals surface area contributed by atoms with Crippen LogP contribution in [0.2, 0.25) is 0 Å². The third-order valence-corrected chi connectivity index (χ3v) is 18.8. The molecule has 2 fully saturated rings. The van der Waals surface area contributed by atoms with E-state index in [-0.39, 0.29) is 91.4 Å². The van der Waals surface area contributed by atoms with Crippen LogP contribution in [-0.2, 0) is 68.5 Å². The number of ether oxygens (including phenoxy) is 1.